The third kappa shape index (κ3) is 3.89. The monoisotopic (exact) mass is 370 g/mol. The second kappa shape index (κ2) is 8.06. The van der Waals surface area contributed by atoms with Crippen molar-refractivity contribution in [3.8, 4) is 5.75 Å². The molecule has 3 rings (SSSR count). The molecule has 1 aromatic heterocycles. The van der Waals surface area contributed by atoms with Crippen LogP contribution in [0.25, 0.3) is 10.9 Å². The van der Waals surface area contributed by atoms with Crippen molar-refractivity contribution in [2.75, 3.05) is 19.5 Å². The first-order valence-electron chi connectivity index (χ1n) is 8.14. The fourth-order valence-corrected chi connectivity index (χ4v) is 3.07. The predicted octanol–water partition coefficient (Wildman–Crippen LogP) is 4.61. The number of benzene rings is 2. The molecule has 2 aromatic carbocycles. The van der Waals surface area contributed by atoms with Gasteiger partial charge in [0, 0.05) is 10.9 Å². The lowest BCUT2D eigenvalue weighted by Crippen LogP contribution is -2.17. The number of anilines is 1. The Morgan fingerprint density at radius 3 is 2.65 bits per heavy atom. The summed E-state index contributed by atoms with van der Waals surface area (Å²) in [7, 11) is 2.96. The van der Waals surface area contributed by atoms with E-state index in [4.69, 9.17) is 21.1 Å². The van der Waals surface area contributed by atoms with Crippen LogP contribution in [0, 0.1) is 0 Å². The molecule has 0 saturated carbocycles. The van der Waals surface area contributed by atoms with E-state index >= 15 is 0 Å². The summed E-state index contributed by atoms with van der Waals surface area (Å²) >= 11 is 6.43. The number of halogens is 1. The van der Waals surface area contributed by atoms with E-state index in [-0.39, 0.29) is 12.4 Å². The summed E-state index contributed by atoms with van der Waals surface area (Å²) in [5.41, 5.74) is 2.28. The molecule has 1 heterocycles. The Kier molecular flexibility index (Phi) is 5.58. The van der Waals surface area contributed by atoms with Gasteiger partial charge in [0.2, 0.25) is 0 Å². The third-order valence-electron chi connectivity index (χ3n) is 4.12. The molecule has 26 heavy (non-hydrogen) atoms. The molecule has 5 nitrogen and oxygen atoms in total. The predicted molar refractivity (Wildman–Crippen MR) is 103 cm³/mol. The van der Waals surface area contributed by atoms with Crippen molar-refractivity contribution in [1.29, 1.82) is 0 Å². The topological polar surface area (TPSA) is 60.5 Å². The molecule has 0 aliphatic carbocycles. The van der Waals surface area contributed by atoms with Gasteiger partial charge in [0.25, 0.3) is 0 Å². The van der Waals surface area contributed by atoms with Crippen molar-refractivity contribution in [2.45, 2.75) is 12.5 Å². The Labute approximate surface area is 156 Å². The maximum atomic E-state index is 12.0. The van der Waals surface area contributed by atoms with Crippen molar-refractivity contribution in [1.82, 2.24) is 4.98 Å². The standard InChI is InChI=1S/C20H19ClN2O3/c1-25-18-10-6-5-9-16(18)22-17(12-19(24)26-2)14-11-13-7-3-4-8-15(13)23-20(14)21/h3-11,17,22H,12H2,1-2H3. The molecule has 0 saturated heterocycles. The Morgan fingerprint density at radius 1 is 1.15 bits per heavy atom. The first kappa shape index (κ1) is 18.0. The van der Waals surface area contributed by atoms with Gasteiger partial charge in [0.15, 0.2) is 0 Å². The second-order valence-electron chi connectivity index (χ2n) is 5.74. The van der Waals surface area contributed by atoms with Gasteiger partial charge in [-0.25, -0.2) is 4.98 Å². The number of carbonyl (C=O) groups is 1. The number of nitrogens with zero attached hydrogens (tertiary/aromatic N) is 1. The van der Waals surface area contributed by atoms with Crippen LogP contribution in [-0.2, 0) is 9.53 Å². The number of rotatable bonds is 6. The van der Waals surface area contributed by atoms with E-state index in [9.17, 15) is 4.79 Å². The van der Waals surface area contributed by atoms with Crippen LogP contribution >= 0.6 is 11.6 Å². The van der Waals surface area contributed by atoms with Crippen molar-refractivity contribution in [3.63, 3.8) is 0 Å². The van der Waals surface area contributed by atoms with Gasteiger partial charge in [-0.3, -0.25) is 4.79 Å². The largest absolute Gasteiger partial charge is 0.495 e. The van der Waals surface area contributed by atoms with Gasteiger partial charge < -0.3 is 14.8 Å². The highest BCUT2D eigenvalue weighted by Gasteiger charge is 2.21. The van der Waals surface area contributed by atoms with Crippen LogP contribution in [0.15, 0.2) is 54.6 Å². The molecule has 0 amide bonds. The average Bonchev–Trinajstić information content (AvgIpc) is 2.67. The molecule has 0 radical (unpaired) electrons. The number of para-hydroxylation sites is 3. The summed E-state index contributed by atoms with van der Waals surface area (Å²) in [4.78, 5) is 16.4. The van der Waals surface area contributed by atoms with Gasteiger partial charge in [-0.2, -0.15) is 0 Å². The summed E-state index contributed by atoms with van der Waals surface area (Å²) in [5.74, 6) is 0.328. The lowest BCUT2D eigenvalue weighted by Gasteiger charge is -2.22. The smallest absolute Gasteiger partial charge is 0.307 e. The molecular formula is C20H19ClN2O3. The minimum absolute atomic E-state index is 0.105. The third-order valence-corrected chi connectivity index (χ3v) is 4.42. The van der Waals surface area contributed by atoms with E-state index < -0.39 is 6.04 Å². The Balaban J connectivity index is 2.03. The number of aromatic nitrogens is 1. The van der Waals surface area contributed by atoms with Crippen LogP contribution in [0.1, 0.15) is 18.0 Å². The molecule has 0 fully saturated rings. The zero-order valence-corrected chi connectivity index (χ0v) is 15.3. The van der Waals surface area contributed by atoms with E-state index in [1.807, 2.05) is 54.6 Å². The van der Waals surface area contributed by atoms with E-state index in [1.54, 1.807) is 7.11 Å². The maximum absolute atomic E-state index is 12.0. The summed E-state index contributed by atoms with van der Waals surface area (Å²) < 4.78 is 10.2. The van der Waals surface area contributed by atoms with Gasteiger partial charge in [0.1, 0.15) is 10.9 Å². The highest BCUT2D eigenvalue weighted by Crippen LogP contribution is 2.33. The first-order valence-corrected chi connectivity index (χ1v) is 8.51. The minimum Gasteiger partial charge on any atom is -0.495 e. The highest BCUT2D eigenvalue weighted by molar-refractivity contribution is 6.30. The number of nitrogens with one attached hydrogen (secondary N) is 1. The maximum Gasteiger partial charge on any atom is 0.307 e. The van der Waals surface area contributed by atoms with Gasteiger partial charge >= 0.3 is 5.97 Å². The van der Waals surface area contributed by atoms with E-state index in [1.165, 1.54) is 7.11 Å². The fraction of sp³-hybridized carbons (Fsp3) is 0.200. The lowest BCUT2D eigenvalue weighted by atomic mass is 10.0. The van der Waals surface area contributed by atoms with Crippen molar-refractivity contribution < 1.29 is 14.3 Å². The minimum atomic E-state index is -0.414. The molecule has 0 aliphatic heterocycles. The fourth-order valence-electron chi connectivity index (χ4n) is 2.79. The molecule has 0 aliphatic rings. The summed E-state index contributed by atoms with van der Waals surface area (Å²) in [5, 5.41) is 4.63. The number of hydrogen-bond donors (Lipinski definition) is 1. The van der Waals surface area contributed by atoms with Crippen LogP contribution in [0.5, 0.6) is 5.75 Å². The van der Waals surface area contributed by atoms with Crippen LogP contribution in [-0.4, -0.2) is 25.2 Å². The number of pyridine rings is 1. The van der Waals surface area contributed by atoms with Gasteiger partial charge in [-0.05, 0) is 24.3 Å². The zero-order chi connectivity index (χ0) is 18.5. The lowest BCUT2D eigenvalue weighted by molar-refractivity contribution is -0.140. The van der Waals surface area contributed by atoms with Crippen molar-refractivity contribution in [2.24, 2.45) is 0 Å². The molecule has 134 valence electrons. The molecule has 6 heteroatoms. The zero-order valence-electron chi connectivity index (χ0n) is 14.5. The summed E-state index contributed by atoms with van der Waals surface area (Å²) in [6.45, 7) is 0. The molecular weight excluding hydrogens is 352 g/mol. The van der Waals surface area contributed by atoms with Gasteiger partial charge in [-0.1, -0.05) is 41.9 Å². The van der Waals surface area contributed by atoms with Gasteiger partial charge in [-0.15, -0.1) is 0 Å². The SMILES string of the molecule is COC(=O)CC(Nc1ccccc1OC)c1cc2ccccc2nc1Cl. The van der Waals surface area contributed by atoms with Crippen molar-refractivity contribution in [3.05, 3.63) is 65.3 Å². The quantitative estimate of drug-likeness (QED) is 0.507. The summed E-state index contributed by atoms with van der Waals surface area (Å²) in [6.07, 6.45) is 0.105. The van der Waals surface area contributed by atoms with Crippen LogP contribution < -0.4 is 10.1 Å². The average molecular weight is 371 g/mol. The molecule has 1 atom stereocenters. The Morgan fingerprint density at radius 2 is 1.88 bits per heavy atom. The van der Waals surface area contributed by atoms with E-state index in [0.717, 1.165) is 22.2 Å². The number of hydrogen-bond acceptors (Lipinski definition) is 5. The van der Waals surface area contributed by atoms with E-state index in [0.29, 0.717) is 10.9 Å². The molecule has 0 bridgehead atoms. The van der Waals surface area contributed by atoms with Gasteiger partial charge in [0.05, 0.1) is 37.9 Å². The van der Waals surface area contributed by atoms with Crippen LogP contribution in [0.3, 0.4) is 0 Å². The molecule has 1 N–H and O–H groups in total. The highest BCUT2D eigenvalue weighted by atomic mass is 35.5. The Bertz CT molecular complexity index is 930. The number of carbonyl (C=O) groups excluding carboxylic acids is 1. The van der Waals surface area contributed by atoms with E-state index in [2.05, 4.69) is 10.3 Å². The number of ether oxygens (including phenoxy) is 2. The second-order valence-corrected chi connectivity index (χ2v) is 6.10. The molecule has 0 spiro atoms. The Hall–Kier alpha value is -2.79. The summed E-state index contributed by atoms with van der Waals surface area (Å²) in [6, 6.07) is 16.7. The normalized spacial score (nSPS) is 11.8. The number of methoxy groups -OCH3 is 2. The number of esters is 1. The first-order chi connectivity index (χ1) is 12.6. The number of fused-ring (bicyclic) bond motifs is 1. The van der Waals surface area contributed by atoms with Crippen LogP contribution in [0.4, 0.5) is 5.69 Å². The van der Waals surface area contributed by atoms with Crippen molar-refractivity contribution >= 4 is 34.2 Å². The molecule has 1 unspecified atom stereocenters. The molecule has 3 aromatic rings. The van der Waals surface area contributed by atoms with Crippen LogP contribution in [0.2, 0.25) is 5.15 Å².